The van der Waals surface area contributed by atoms with Gasteiger partial charge in [0.15, 0.2) is 11.6 Å². The topological polar surface area (TPSA) is 65.5 Å². The van der Waals surface area contributed by atoms with Crippen molar-refractivity contribution >= 4 is 17.5 Å². The molecule has 0 fully saturated rings. The van der Waals surface area contributed by atoms with Gasteiger partial charge in [0.25, 0.3) is 5.95 Å². The van der Waals surface area contributed by atoms with Gasteiger partial charge in [0, 0.05) is 13.1 Å². The van der Waals surface area contributed by atoms with Gasteiger partial charge in [0.1, 0.15) is 12.2 Å². The quantitative estimate of drug-likeness (QED) is 0.777. The Balaban J connectivity index is 3.25. The third-order valence-corrected chi connectivity index (χ3v) is 2.50. The van der Waals surface area contributed by atoms with Gasteiger partial charge >= 0.3 is 5.97 Å². The predicted molar refractivity (Wildman–Crippen MR) is 63.8 cm³/mol. The summed E-state index contributed by atoms with van der Waals surface area (Å²) in [6.45, 7) is 3.21. The lowest BCUT2D eigenvalue weighted by Crippen LogP contribution is -2.26. The first-order valence-electron chi connectivity index (χ1n) is 5.67. The maximum Gasteiger partial charge on any atom is 0.322 e. The van der Waals surface area contributed by atoms with Gasteiger partial charge in [-0.05, 0) is 13.8 Å². The van der Waals surface area contributed by atoms with Gasteiger partial charge in [-0.25, -0.2) is 4.39 Å². The lowest BCUT2D eigenvalue weighted by atomic mass is 10.3. The standard InChI is InChI=1S/C11H14F3N3O2/c1-3-17(4-2)9-7(12)10(14)16-11(8(9)13)15-5-6(18)19/h3-5H2,1-2H3,(H,15,16)(H,18,19). The van der Waals surface area contributed by atoms with Crippen molar-refractivity contribution in [1.29, 1.82) is 0 Å². The second-order valence-corrected chi connectivity index (χ2v) is 3.65. The minimum Gasteiger partial charge on any atom is -0.480 e. The van der Waals surface area contributed by atoms with Crippen molar-refractivity contribution in [2.24, 2.45) is 0 Å². The van der Waals surface area contributed by atoms with Gasteiger partial charge in [0.2, 0.25) is 5.82 Å². The Bertz CT molecular complexity index is 479. The van der Waals surface area contributed by atoms with Gasteiger partial charge in [0.05, 0.1) is 0 Å². The number of halogens is 3. The first-order valence-corrected chi connectivity index (χ1v) is 5.67. The maximum absolute atomic E-state index is 14.0. The molecule has 0 aliphatic carbocycles. The summed E-state index contributed by atoms with van der Waals surface area (Å²) in [7, 11) is 0. The Hall–Kier alpha value is -1.99. The SMILES string of the molecule is CCN(CC)c1c(F)c(F)nc(NCC(=O)O)c1F. The number of hydrogen-bond donors (Lipinski definition) is 2. The number of rotatable bonds is 6. The fourth-order valence-electron chi connectivity index (χ4n) is 1.60. The molecule has 0 bridgehead atoms. The summed E-state index contributed by atoms with van der Waals surface area (Å²) in [6, 6.07) is 0. The van der Waals surface area contributed by atoms with E-state index in [1.54, 1.807) is 13.8 Å². The van der Waals surface area contributed by atoms with Crippen molar-refractivity contribution < 1.29 is 23.1 Å². The van der Waals surface area contributed by atoms with Gasteiger partial charge in [-0.2, -0.15) is 13.8 Å². The molecule has 8 heteroatoms. The molecule has 0 unspecified atom stereocenters. The molecule has 2 N–H and O–H groups in total. The van der Waals surface area contributed by atoms with Gasteiger partial charge in [-0.1, -0.05) is 0 Å². The Morgan fingerprint density at radius 3 is 2.32 bits per heavy atom. The molecule has 1 rings (SSSR count). The molecule has 0 saturated heterocycles. The summed E-state index contributed by atoms with van der Waals surface area (Å²) in [5.74, 6) is -5.86. The number of carboxylic acid groups (broad SMARTS) is 1. The number of aliphatic carboxylic acids is 1. The molecule has 0 aromatic carbocycles. The van der Waals surface area contributed by atoms with Crippen LogP contribution < -0.4 is 10.2 Å². The number of aromatic nitrogens is 1. The molecular formula is C11H14F3N3O2. The van der Waals surface area contributed by atoms with Crippen LogP contribution in [0.3, 0.4) is 0 Å². The van der Waals surface area contributed by atoms with Crippen LogP contribution in [-0.4, -0.2) is 35.7 Å². The molecule has 0 radical (unpaired) electrons. The highest BCUT2D eigenvalue weighted by molar-refractivity contribution is 5.72. The van der Waals surface area contributed by atoms with E-state index >= 15 is 0 Å². The lowest BCUT2D eigenvalue weighted by molar-refractivity contribution is -0.134. The van der Waals surface area contributed by atoms with Crippen LogP contribution >= 0.6 is 0 Å². The largest absolute Gasteiger partial charge is 0.480 e. The van der Waals surface area contributed by atoms with Gasteiger partial charge < -0.3 is 15.3 Å². The first kappa shape index (κ1) is 15.1. The second-order valence-electron chi connectivity index (χ2n) is 3.65. The van der Waals surface area contributed by atoms with Crippen LogP contribution in [0.4, 0.5) is 24.7 Å². The van der Waals surface area contributed by atoms with Crippen molar-refractivity contribution in [3.05, 3.63) is 17.6 Å². The molecular weight excluding hydrogens is 263 g/mol. The molecule has 19 heavy (non-hydrogen) atoms. The average molecular weight is 277 g/mol. The number of pyridine rings is 1. The Morgan fingerprint density at radius 2 is 1.84 bits per heavy atom. The first-order chi connectivity index (χ1) is 8.92. The van der Waals surface area contributed by atoms with Crippen LogP contribution in [0.5, 0.6) is 0 Å². The number of nitrogens with zero attached hydrogens (tertiary/aromatic N) is 2. The molecule has 1 aromatic heterocycles. The molecule has 0 saturated carbocycles. The highest BCUT2D eigenvalue weighted by Crippen LogP contribution is 2.28. The van der Waals surface area contributed by atoms with Crippen LogP contribution in [0.25, 0.3) is 0 Å². The third-order valence-electron chi connectivity index (χ3n) is 2.50. The summed E-state index contributed by atoms with van der Waals surface area (Å²) >= 11 is 0. The smallest absolute Gasteiger partial charge is 0.322 e. The molecule has 0 spiro atoms. The van der Waals surface area contributed by atoms with Crippen LogP contribution in [0.15, 0.2) is 0 Å². The lowest BCUT2D eigenvalue weighted by Gasteiger charge is -2.23. The molecule has 0 aliphatic heterocycles. The maximum atomic E-state index is 14.0. The predicted octanol–water partition coefficient (Wildman–Crippen LogP) is 1.84. The van der Waals surface area contributed by atoms with Crippen molar-refractivity contribution in [1.82, 2.24) is 4.98 Å². The number of hydrogen-bond acceptors (Lipinski definition) is 4. The molecule has 0 aliphatic rings. The van der Waals surface area contributed by atoms with E-state index in [1.165, 1.54) is 4.90 Å². The third kappa shape index (κ3) is 3.27. The minimum atomic E-state index is -1.48. The molecule has 1 heterocycles. The number of nitrogens with one attached hydrogen (secondary N) is 1. The molecule has 0 atom stereocenters. The fourth-order valence-corrected chi connectivity index (χ4v) is 1.60. The van der Waals surface area contributed by atoms with Crippen molar-refractivity contribution in [3.63, 3.8) is 0 Å². The van der Waals surface area contributed by atoms with Crippen LogP contribution in [0.1, 0.15) is 13.8 Å². The molecule has 5 nitrogen and oxygen atoms in total. The minimum absolute atomic E-state index is 0.270. The summed E-state index contributed by atoms with van der Waals surface area (Å²) in [4.78, 5) is 14.7. The fraction of sp³-hybridized carbons (Fsp3) is 0.455. The van der Waals surface area contributed by atoms with E-state index in [0.717, 1.165) is 0 Å². The number of anilines is 2. The van der Waals surface area contributed by atoms with E-state index in [0.29, 0.717) is 0 Å². The number of carboxylic acids is 1. The van der Waals surface area contributed by atoms with Crippen LogP contribution in [0, 0.1) is 17.6 Å². The zero-order valence-electron chi connectivity index (χ0n) is 10.5. The van der Waals surface area contributed by atoms with E-state index in [1.807, 2.05) is 0 Å². The highest BCUT2D eigenvalue weighted by Gasteiger charge is 2.24. The van der Waals surface area contributed by atoms with Gasteiger partial charge in [-0.15, -0.1) is 0 Å². The van der Waals surface area contributed by atoms with Crippen LogP contribution in [0.2, 0.25) is 0 Å². The van der Waals surface area contributed by atoms with E-state index in [4.69, 9.17) is 5.11 Å². The Morgan fingerprint density at radius 1 is 1.26 bits per heavy atom. The van der Waals surface area contributed by atoms with Crippen molar-refractivity contribution in [2.75, 3.05) is 29.9 Å². The zero-order chi connectivity index (χ0) is 14.6. The summed E-state index contributed by atoms with van der Waals surface area (Å²) in [5, 5.41) is 10.6. The summed E-state index contributed by atoms with van der Waals surface area (Å²) < 4.78 is 40.9. The van der Waals surface area contributed by atoms with E-state index in [2.05, 4.69) is 10.3 Å². The normalized spacial score (nSPS) is 10.4. The Kier molecular flexibility index (Phi) is 4.96. The zero-order valence-corrected chi connectivity index (χ0v) is 10.5. The van der Waals surface area contributed by atoms with E-state index < -0.39 is 41.6 Å². The van der Waals surface area contributed by atoms with E-state index in [-0.39, 0.29) is 13.1 Å². The number of carbonyl (C=O) groups is 1. The summed E-state index contributed by atoms with van der Waals surface area (Å²) in [5.41, 5.74) is -0.551. The molecule has 106 valence electrons. The Labute approximate surface area is 108 Å². The molecule has 0 amide bonds. The summed E-state index contributed by atoms with van der Waals surface area (Å²) in [6.07, 6.45) is 0. The van der Waals surface area contributed by atoms with Crippen molar-refractivity contribution in [3.8, 4) is 0 Å². The highest BCUT2D eigenvalue weighted by atomic mass is 19.2. The van der Waals surface area contributed by atoms with E-state index in [9.17, 15) is 18.0 Å². The average Bonchev–Trinajstić information content (AvgIpc) is 2.37. The van der Waals surface area contributed by atoms with Gasteiger partial charge in [-0.3, -0.25) is 4.79 Å². The molecule has 1 aromatic rings. The second kappa shape index (κ2) is 6.26. The monoisotopic (exact) mass is 277 g/mol. The van der Waals surface area contributed by atoms with Crippen molar-refractivity contribution in [2.45, 2.75) is 13.8 Å². The van der Waals surface area contributed by atoms with Crippen LogP contribution in [-0.2, 0) is 4.79 Å².